The molecule has 4 rings (SSSR count). The van der Waals surface area contributed by atoms with Gasteiger partial charge in [0.15, 0.2) is 0 Å². The molecule has 2 N–H and O–H groups in total. The molecule has 2 amide bonds. The molecule has 0 bridgehead atoms. The third kappa shape index (κ3) is 4.16. The fourth-order valence-corrected chi connectivity index (χ4v) is 5.29. The minimum Gasteiger partial charge on any atom is -0.479 e. The first kappa shape index (κ1) is 24.7. The van der Waals surface area contributed by atoms with E-state index in [1.165, 1.54) is 19.1 Å². The van der Waals surface area contributed by atoms with Crippen LogP contribution in [0.2, 0.25) is 0 Å². The van der Waals surface area contributed by atoms with Crippen molar-refractivity contribution < 1.29 is 29.0 Å². The van der Waals surface area contributed by atoms with Crippen molar-refractivity contribution in [1.29, 1.82) is 0 Å². The van der Waals surface area contributed by atoms with Crippen molar-refractivity contribution in [2.24, 2.45) is 0 Å². The summed E-state index contributed by atoms with van der Waals surface area (Å²) in [6.07, 6.45) is 0.951. The van der Waals surface area contributed by atoms with Crippen molar-refractivity contribution in [1.82, 2.24) is 10.2 Å². The molecule has 2 aromatic rings. The number of hydrogen-bond donors (Lipinski definition) is 2. The molecule has 0 radical (unpaired) electrons. The number of carboxylic acid groups (broad SMARTS) is 1. The van der Waals surface area contributed by atoms with Gasteiger partial charge in [-0.2, -0.15) is 0 Å². The van der Waals surface area contributed by atoms with E-state index in [4.69, 9.17) is 9.47 Å². The van der Waals surface area contributed by atoms with Gasteiger partial charge in [0.05, 0.1) is 6.61 Å². The Labute approximate surface area is 205 Å². The van der Waals surface area contributed by atoms with Crippen LogP contribution < -0.4 is 5.32 Å². The van der Waals surface area contributed by atoms with Crippen LogP contribution in [0.5, 0.6) is 0 Å². The third-order valence-electron chi connectivity index (χ3n) is 7.61. The van der Waals surface area contributed by atoms with E-state index in [9.17, 15) is 19.5 Å². The zero-order chi connectivity index (χ0) is 25.2. The number of amides is 2. The number of nitrogens with one attached hydrogen (secondary N) is 1. The third-order valence-corrected chi connectivity index (χ3v) is 7.61. The number of ether oxygens (including phenoxy) is 2. The molecule has 1 unspecified atom stereocenters. The molecule has 2 aliphatic rings. The van der Waals surface area contributed by atoms with E-state index < -0.39 is 29.0 Å². The average Bonchev–Trinajstić information content (AvgIpc) is 3.14. The Balaban J connectivity index is 1.51. The lowest BCUT2D eigenvalue weighted by Crippen LogP contribution is -2.68. The van der Waals surface area contributed by atoms with Gasteiger partial charge in [-0.15, -0.1) is 0 Å². The van der Waals surface area contributed by atoms with Crippen LogP contribution in [0, 0.1) is 0 Å². The van der Waals surface area contributed by atoms with Gasteiger partial charge in [0, 0.05) is 20.1 Å². The molecule has 0 aliphatic heterocycles. The van der Waals surface area contributed by atoms with Crippen molar-refractivity contribution in [2.75, 3.05) is 27.4 Å². The van der Waals surface area contributed by atoms with E-state index in [1.807, 2.05) is 36.4 Å². The number of carboxylic acids is 1. The second-order valence-electron chi connectivity index (χ2n) is 9.37. The Morgan fingerprint density at radius 2 is 1.66 bits per heavy atom. The summed E-state index contributed by atoms with van der Waals surface area (Å²) >= 11 is 0. The normalized spacial score (nSPS) is 17.3. The molecule has 0 heterocycles. The zero-order valence-electron chi connectivity index (χ0n) is 20.4. The van der Waals surface area contributed by atoms with E-state index in [0.29, 0.717) is 12.8 Å². The van der Waals surface area contributed by atoms with Crippen molar-refractivity contribution >= 4 is 18.0 Å². The minimum atomic E-state index is -1.44. The van der Waals surface area contributed by atoms with E-state index in [-0.39, 0.29) is 25.6 Å². The highest BCUT2D eigenvalue weighted by Gasteiger charge is 2.54. The Bertz CT molecular complexity index is 1080. The van der Waals surface area contributed by atoms with Gasteiger partial charge in [0.2, 0.25) is 0 Å². The first-order valence-electron chi connectivity index (χ1n) is 11.9. The summed E-state index contributed by atoms with van der Waals surface area (Å²) in [6.45, 7) is 1.75. The monoisotopic (exact) mass is 480 g/mol. The lowest BCUT2D eigenvalue weighted by atomic mass is 9.74. The molecule has 0 spiro atoms. The molecule has 35 heavy (non-hydrogen) atoms. The van der Waals surface area contributed by atoms with Crippen LogP contribution in [0.4, 0.5) is 4.79 Å². The Kier molecular flexibility index (Phi) is 6.85. The predicted molar refractivity (Wildman–Crippen MR) is 130 cm³/mol. The van der Waals surface area contributed by atoms with Crippen LogP contribution in [0.1, 0.15) is 49.7 Å². The van der Waals surface area contributed by atoms with Gasteiger partial charge in [0.25, 0.3) is 5.91 Å². The van der Waals surface area contributed by atoms with Crippen LogP contribution in [-0.2, 0) is 19.1 Å². The van der Waals surface area contributed by atoms with Crippen molar-refractivity contribution in [3.05, 3.63) is 59.7 Å². The maximum absolute atomic E-state index is 13.6. The molecule has 1 saturated carbocycles. The molecular formula is C27H32N2O6. The Morgan fingerprint density at radius 3 is 2.11 bits per heavy atom. The predicted octanol–water partition coefficient (Wildman–Crippen LogP) is 3.79. The summed E-state index contributed by atoms with van der Waals surface area (Å²) in [5, 5.41) is 12.5. The highest BCUT2D eigenvalue weighted by atomic mass is 16.5. The molecule has 8 heteroatoms. The SMILES string of the molecule is CCC(COC)(NC(=O)OCC1c2ccccc2-c2ccccc21)C(=O)N(C)C1(C(=O)O)CCC1. The number of nitrogens with zero attached hydrogens (tertiary/aromatic N) is 1. The summed E-state index contributed by atoms with van der Waals surface area (Å²) in [6, 6.07) is 16.1. The quantitative estimate of drug-likeness (QED) is 0.566. The highest BCUT2D eigenvalue weighted by molar-refractivity contribution is 5.94. The van der Waals surface area contributed by atoms with Crippen LogP contribution in [0.3, 0.4) is 0 Å². The molecule has 2 aliphatic carbocycles. The molecule has 1 fully saturated rings. The van der Waals surface area contributed by atoms with Gasteiger partial charge in [-0.25, -0.2) is 9.59 Å². The first-order valence-corrected chi connectivity index (χ1v) is 11.9. The molecule has 2 aromatic carbocycles. The van der Waals surface area contributed by atoms with E-state index in [0.717, 1.165) is 28.7 Å². The Hall–Kier alpha value is -3.39. The fraction of sp³-hybridized carbons (Fsp3) is 0.444. The van der Waals surface area contributed by atoms with Crippen LogP contribution in [0.25, 0.3) is 11.1 Å². The second-order valence-corrected chi connectivity index (χ2v) is 9.37. The Morgan fingerprint density at radius 1 is 1.09 bits per heavy atom. The number of fused-ring (bicyclic) bond motifs is 3. The summed E-state index contributed by atoms with van der Waals surface area (Å²) in [4.78, 5) is 39.8. The average molecular weight is 481 g/mol. The van der Waals surface area contributed by atoms with E-state index >= 15 is 0 Å². The van der Waals surface area contributed by atoms with Gasteiger partial charge in [-0.05, 0) is 47.9 Å². The van der Waals surface area contributed by atoms with Gasteiger partial charge >= 0.3 is 12.1 Å². The molecule has 186 valence electrons. The van der Waals surface area contributed by atoms with Gasteiger partial charge in [-0.1, -0.05) is 55.5 Å². The van der Waals surface area contributed by atoms with Crippen LogP contribution in [-0.4, -0.2) is 66.4 Å². The number of benzene rings is 2. The number of rotatable bonds is 9. The maximum Gasteiger partial charge on any atom is 0.408 e. The maximum atomic E-state index is 13.6. The summed E-state index contributed by atoms with van der Waals surface area (Å²) < 4.78 is 11.0. The zero-order valence-corrected chi connectivity index (χ0v) is 20.4. The molecule has 8 nitrogen and oxygen atoms in total. The number of likely N-dealkylation sites (N-methyl/N-ethyl adjacent to an activating group) is 1. The van der Waals surface area contributed by atoms with Gasteiger partial charge in [-0.3, -0.25) is 4.79 Å². The molecular weight excluding hydrogens is 448 g/mol. The van der Waals surface area contributed by atoms with Gasteiger partial charge in [0.1, 0.15) is 17.7 Å². The molecule has 1 atom stereocenters. The number of alkyl carbamates (subject to hydrolysis) is 1. The smallest absolute Gasteiger partial charge is 0.408 e. The summed E-state index contributed by atoms with van der Waals surface area (Å²) in [5.41, 5.74) is 1.72. The first-order chi connectivity index (χ1) is 16.8. The van der Waals surface area contributed by atoms with Gasteiger partial charge < -0.3 is 24.8 Å². The summed E-state index contributed by atoms with van der Waals surface area (Å²) in [7, 11) is 2.92. The van der Waals surface area contributed by atoms with E-state index in [2.05, 4.69) is 17.4 Å². The number of carbonyl (C=O) groups excluding carboxylic acids is 2. The number of carbonyl (C=O) groups is 3. The summed E-state index contributed by atoms with van der Waals surface area (Å²) in [5.74, 6) is -1.66. The van der Waals surface area contributed by atoms with Crippen molar-refractivity contribution in [3.8, 4) is 11.1 Å². The minimum absolute atomic E-state index is 0.105. The lowest BCUT2D eigenvalue weighted by Gasteiger charge is -2.48. The number of hydrogen-bond acceptors (Lipinski definition) is 5. The largest absolute Gasteiger partial charge is 0.479 e. The van der Waals surface area contributed by atoms with Crippen LogP contribution in [0.15, 0.2) is 48.5 Å². The fourth-order valence-electron chi connectivity index (χ4n) is 5.29. The van der Waals surface area contributed by atoms with Crippen molar-refractivity contribution in [3.63, 3.8) is 0 Å². The standard InChI is InChI=1S/C27H32N2O6/c1-4-26(17-34-3,23(30)29(2)27(24(31)32)14-9-15-27)28-25(33)35-16-22-20-12-7-5-10-18(20)19-11-6-8-13-21(19)22/h5-8,10-13,22H,4,9,14-17H2,1-3H3,(H,28,33)(H,31,32). The van der Waals surface area contributed by atoms with E-state index in [1.54, 1.807) is 6.92 Å². The van der Waals surface area contributed by atoms with Crippen molar-refractivity contribution in [2.45, 2.75) is 49.6 Å². The van der Waals surface area contributed by atoms with Crippen LogP contribution >= 0.6 is 0 Å². The lowest BCUT2D eigenvalue weighted by molar-refractivity contribution is -0.168. The topological polar surface area (TPSA) is 105 Å². The highest BCUT2D eigenvalue weighted by Crippen LogP contribution is 2.44. The molecule has 0 saturated heterocycles. The second kappa shape index (κ2) is 9.70. The number of methoxy groups -OCH3 is 1. The molecule has 0 aromatic heterocycles. The number of aliphatic carboxylic acids is 1.